The summed E-state index contributed by atoms with van der Waals surface area (Å²) in [7, 11) is 0. The van der Waals surface area contributed by atoms with E-state index in [0.717, 1.165) is 0 Å². The van der Waals surface area contributed by atoms with Crippen molar-refractivity contribution in [3.05, 3.63) is 544 Å². The molecule has 0 bridgehead atoms. The maximum Gasteiger partial charge on any atom is 0.0636 e. The Hall–Kier alpha value is -17.9. The summed E-state index contributed by atoms with van der Waals surface area (Å²) < 4.78 is 812. The third-order valence-electron chi connectivity index (χ3n) is 21.8. The van der Waals surface area contributed by atoms with Crippen LogP contribution in [0.25, 0.3) is 263 Å². The van der Waals surface area contributed by atoms with E-state index in [1.165, 1.54) is 0 Å². The monoisotopic (exact) mass is 1840 g/mol. The number of rotatable bonds is 12. The van der Waals surface area contributed by atoms with Gasteiger partial charge in [0.05, 0.1) is 123 Å². The van der Waals surface area contributed by atoms with Gasteiger partial charge >= 0.3 is 0 Å². The standard InChI is InChI=1S/3C46H30/c1-3-14-31(15-4-1)37-28-29-42(39-22-10-9-21-38(37)39)46-41-24-12-11-23-40(41)45(33-17-5-2-6-18-33)43-27-26-34(30-44(43)46)36-25-13-19-32-16-7-8-20-35(32)36;1-3-14-32(15-4-1)37-27-28-42(39-20-10-9-19-38(37)39)46-41-22-12-11-21-40(41)45(33-16-5-2-6-17-33)44-30-36(25-26-43(44)46)35-24-23-31-13-7-8-18-34(31)29-35;1-3-14-32(15-4-1)37-27-28-42(39-20-10-9-19-38(37)39)46-41-22-12-11-21-40(41)45(33-16-5-2-6-17-33)43-26-25-36(30-44(43)46)35-24-23-31-13-7-8-18-34(31)29-35/h3*1-30H/i3*1D,2D,3D,4D,5D,6D,7D,8D,9D,10D,11D,12D,13D,14D,15D,16D,17D,18D,19D,20D,21D,22D,23D,24D,25D,26D,27D,28D,29D,30D. The molecule has 0 amide bonds. The zero-order chi connectivity index (χ0) is 170. The average molecular weight is 1840 g/mol. The second-order valence-electron chi connectivity index (χ2n) is 29.2. The molecule has 0 saturated heterocycles. The van der Waals surface area contributed by atoms with E-state index in [1.54, 1.807) is 0 Å². The van der Waals surface area contributed by atoms with E-state index in [-0.39, 0.29) is 0 Å². The van der Waals surface area contributed by atoms with E-state index < -0.39 is 807 Å². The van der Waals surface area contributed by atoms with Gasteiger partial charge in [-0.2, -0.15) is 0 Å². The molecule has 27 aromatic carbocycles. The van der Waals surface area contributed by atoms with Crippen LogP contribution in [0.15, 0.2) is 544 Å². The van der Waals surface area contributed by atoms with Gasteiger partial charge in [0.1, 0.15) is 0 Å². The quantitative estimate of drug-likeness (QED) is 0.107. The molecule has 0 heterocycles. The Bertz CT molecular complexity index is 15200. The van der Waals surface area contributed by atoms with Crippen LogP contribution in [0.3, 0.4) is 0 Å². The van der Waals surface area contributed by atoms with E-state index in [2.05, 4.69) is 0 Å². The normalized spacial score (nSPS) is 20.6. The van der Waals surface area contributed by atoms with Crippen molar-refractivity contribution in [3.63, 3.8) is 0 Å². The lowest BCUT2D eigenvalue weighted by molar-refractivity contribution is 1.63. The fraction of sp³-hybridized carbons (Fsp3) is 0. The fourth-order valence-corrected chi connectivity index (χ4v) is 16.0. The predicted molar refractivity (Wildman–Crippen MR) is 595 cm³/mol. The van der Waals surface area contributed by atoms with Gasteiger partial charge in [-0.3, -0.25) is 0 Å². The van der Waals surface area contributed by atoms with Gasteiger partial charge in [0.25, 0.3) is 0 Å². The summed E-state index contributed by atoms with van der Waals surface area (Å²) in [5.41, 5.74) is -20.8. The number of benzene rings is 27. The van der Waals surface area contributed by atoms with Crippen molar-refractivity contribution in [1.29, 1.82) is 0 Å². The SMILES string of the molecule is [2H]c1c([2H])c([2H])c(-c2c([2H])c([2H])c(-c3c4c([2H])c([2H])c([2H])c([2H])c4c(-c4c([2H])c([2H])c([2H])c([2H])c4[2H])c4c([2H])c(-c5c([2H])c([2H])c6c([2H])c([2H])c([2H])c([2H])c6c5[2H])c([2H])c([2H])c34)c3c([2H])c([2H])c([2H])c([2H])c23)c([2H])c1[2H].[2H]c1c([2H])c([2H])c(-c2c([2H])c([2H])c(-c3c4c([2H])c([2H])c([2H])c([2H])c4c(-c4c([2H])c([2H])c([2H])c([2H])c4[2H])c4c([2H])c([2H])c(-c5c([2H])c([2H])c([2H])c6c([2H])c([2H])c([2H])c([2H])c56)c([2H])c34)c3c([2H])c([2H])c([2H])c([2H])c23)c([2H])c1[2H].[2H]c1c([2H])c([2H])c(-c2c([2H])c([2H])c(-c3c4c([2H])c([2H])c([2H])c([2H])c4c(-c4c([2H])c([2H])c([2H])c([2H])c4[2H])c4c([2H])c([2H])c(-c5c([2H])c([2H])c6c([2H])c([2H])c([2H])c([2H])c6c5[2H])c([2H])c34)c3c([2H])c([2H])c([2H])c([2H])c23)c([2H])c1[2H]. The number of hydrogen-bond acceptors (Lipinski definition) is 0. The van der Waals surface area contributed by atoms with Gasteiger partial charge in [0.2, 0.25) is 0 Å². The first-order chi connectivity index (χ1) is 106. The van der Waals surface area contributed by atoms with Crippen LogP contribution < -0.4 is 0 Å². The lowest BCUT2D eigenvalue weighted by Gasteiger charge is -2.20. The zero-order valence-corrected chi connectivity index (χ0v) is 69.0. The Kier molecular flexibility index (Phi) is 8.00. The van der Waals surface area contributed by atoms with Crippen LogP contribution in [-0.4, -0.2) is 0 Å². The highest BCUT2D eigenvalue weighted by molar-refractivity contribution is 6.29. The van der Waals surface area contributed by atoms with Crippen LogP contribution >= 0.6 is 0 Å². The molecule has 0 saturated carbocycles. The molecule has 138 heavy (non-hydrogen) atoms. The summed E-state index contributed by atoms with van der Waals surface area (Å²) in [4.78, 5) is 0. The molecule has 0 heteroatoms. The van der Waals surface area contributed by atoms with Gasteiger partial charge in [-0.1, -0.05) is 514 Å². The second-order valence-corrected chi connectivity index (χ2v) is 29.2. The third-order valence-corrected chi connectivity index (χ3v) is 21.8. The number of fused-ring (bicyclic) bond motifs is 12. The van der Waals surface area contributed by atoms with Crippen molar-refractivity contribution in [3.8, 4) is 134 Å². The lowest BCUT2D eigenvalue weighted by atomic mass is 9.83. The molecule has 642 valence electrons. The van der Waals surface area contributed by atoms with Crippen LogP contribution in [0.4, 0.5) is 0 Å². The van der Waals surface area contributed by atoms with Gasteiger partial charge < -0.3 is 0 Å². The molecule has 0 aromatic heterocycles. The Labute approximate surface area is 929 Å². The second kappa shape index (κ2) is 35.5. The molecule has 0 fully saturated rings. The Morgan fingerprint density at radius 3 is 0.645 bits per heavy atom. The largest absolute Gasteiger partial charge is 0.0636 e. The molecule has 0 nitrogen and oxygen atoms in total. The minimum Gasteiger partial charge on any atom is -0.0622 e. The first kappa shape index (κ1) is 31.1. The molecule has 27 rings (SSSR count). The molecule has 0 N–H and O–H groups in total. The van der Waals surface area contributed by atoms with Crippen molar-refractivity contribution in [2.24, 2.45) is 0 Å². The van der Waals surface area contributed by atoms with E-state index in [4.69, 9.17) is 76.8 Å². The smallest absolute Gasteiger partial charge is 0.0622 e. The molecule has 0 aliphatic rings. The summed E-state index contributed by atoms with van der Waals surface area (Å²) >= 11 is 0. The summed E-state index contributed by atoms with van der Waals surface area (Å²) in [6.45, 7) is 0. The van der Waals surface area contributed by atoms with Gasteiger partial charge in [-0.25, -0.2) is 0 Å². The molecule has 27 aromatic rings. The Balaban J connectivity index is 0.000000161. The van der Waals surface area contributed by atoms with E-state index in [0.29, 0.717) is 0 Å². The number of hydrogen-bond donors (Lipinski definition) is 0. The molecule has 0 unspecified atom stereocenters. The van der Waals surface area contributed by atoms with Crippen LogP contribution in [-0.2, 0) is 0 Å². The topological polar surface area (TPSA) is 0 Å². The van der Waals surface area contributed by atoms with E-state index in [1.807, 2.05) is 0 Å². The fourth-order valence-electron chi connectivity index (χ4n) is 16.0. The maximum atomic E-state index is 10.3. The molecular formula is C138H90. The Morgan fingerprint density at radius 1 is 0.0870 bits per heavy atom. The lowest BCUT2D eigenvalue weighted by Crippen LogP contribution is -1.93. The molecule has 0 aliphatic heterocycles. The van der Waals surface area contributed by atoms with Crippen molar-refractivity contribution < 1.29 is 123 Å². The van der Waals surface area contributed by atoms with Crippen molar-refractivity contribution in [2.75, 3.05) is 0 Å². The Morgan fingerprint density at radius 2 is 0.290 bits per heavy atom. The maximum absolute atomic E-state index is 10.3. The molecular weight excluding hydrogens is 1660 g/mol. The van der Waals surface area contributed by atoms with Gasteiger partial charge in [0.15, 0.2) is 0 Å². The average Bonchev–Trinajstić information content (AvgIpc) is 0.678. The highest BCUT2D eigenvalue weighted by Crippen LogP contribution is 2.53. The molecule has 0 aliphatic carbocycles. The van der Waals surface area contributed by atoms with Crippen LogP contribution in [0.5, 0.6) is 0 Å². The van der Waals surface area contributed by atoms with Gasteiger partial charge in [-0.05, 0) is 293 Å². The highest BCUT2D eigenvalue weighted by Gasteiger charge is 2.26. The van der Waals surface area contributed by atoms with Gasteiger partial charge in [-0.15, -0.1) is 0 Å². The summed E-state index contributed by atoms with van der Waals surface area (Å²) in [5, 5.41) is -19.3. The predicted octanol–water partition coefficient (Wildman–Crippen LogP) is 38.9. The van der Waals surface area contributed by atoms with Crippen molar-refractivity contribution in [2.45, 2.75) is 0 Å². The van der Waals surface area contributed by atoms with Crippen LogP contribution in [0, 0.1) is 0 Å². The summed E-state index contributed by atoms with van der Waals surface area (Å²) in [6.07, 6.45) is 0. The minimum absolute atomic E-state index is 0.614. The molecule has 0 radical (unpaired) electrons. The highest BCUT2D eigenvalue weighted by atomic mass is 14.3. The molecule has 0 spiro atoms. The van der Waals surface area contributed by atoms with Crippen LogP contribution in [0.1, 0.15) is 123 Å². The van der Waals surface area contributed by atoms with Crippen LogP contribution in [0.2, 0.25) is 0 Å². The van der Waals surface area contributed by atoms with E-state index in [9.17, 15) is 46.6 Å². The first-order valence-corrected chi connectivity index (χ1v) is 40.5. The third kappa shape index (κ3) is 14.8. The summed E-state index contributed by atoms with van der Waals surface area (Å²) in [6, 6.07) is -91.9. The van der Waals surface area contributed by atoms with Crippen molar-refractivity contribution in [1.82, 2.24) is 0 Å². The minimum atomic E-state index is -1.18. The van der Waals surface area contributed by atoms with Gasteiger partial charge in [0, 0.05) is 0 Å². The summed E-state index contributed by atoms with van der Waals surface area (Å²) in [5.74, 6) is 0. The van der Waals surface area contributed by atoms with Crippen molar-refractivity contribution >= 4 is 129 Å². The zero-order valence-electron chi connectivity index (χ0n) is 159. The molecule has 0 atom stereocenters. The van der Waals surface area contributed by atoms with E-state index >= 15 is 0 Å². The first-order valence-electron chi connectivity index (χ1n) is 85.5.